The number of halogens is 1. The van der Waals surface area contributed by atoms with E-state index < -0.39 is 15.7 Å². The zero-order valence-corrected chi connectivity index (χ0v) is 10.1. The zero-order valence-electron chi connectivity index (χ0n) is 9.24. The quantitative estimate of drug-likeness (QED) is 0.774. The summed E-state index contributed by atoms with van der Waals surface area (Å²) in [6.07, 6.45) is 0.491. The SMILES string of the molecule is CCNCCCS(=O)(=O)c1ccccc1F. The first-order valence-electron chi connectivity index (χ1n) is 5.26. The van der Waals surface area contributed by atoms with Crippen LogP contribution < -0.4 is 5.32 Å². The van der Waals surface area contributed by atoms with E-state index in [0.29, 0.717) is 13.0 Å². The van der Waals surface area contributed by atoms with Gasteiger partial charge in [-0.15, -0.1) is 0 Å². The second-order valence-corrected chi connectivity index (χ2v) is 5.53. The van der Waals surface area contributed by atoms with E-state index in [1.54, 1.807) is 0 Å². The summed E-state index contributed by atoms with van der Waals surface area (Å²) < 4.78 is 36.8. The molecule has 0 amide bonds. The van der Waals surface area contributed by atoms with Crippen LogP contribution in [0.3, 0.4) is 0 Å². The Morgan fingerprint density at radius 3 is 2.62 bits per heavy atom. The Kier molecular flexibility index (Phi) is 4.89. The standard InChI is InChI=1S/C11H16FNO2S/c1-2-13-8-5-9-16(14,15)11-7-4-3-6-10(11)12/h3-4,6-7,13H,2,5,8-9H2,1H3. The van der Waals surface area contributed by atoms with Gasteiger partial charge in [-0.1, -0.05) is 19.1 Å². The van der Waals surface area contributed by atoms with Crippen molar-refractivity contribution in [2.45, 2.75) is 18.2 Å². The highest BCUT2D eigenvalue weighted by Gasteiger charge is 2.17. The Labute approximate surface area is 95.6 Å². The average molecular weight is 245 g/mol. The summed E-state index contributed by atoms with van der Waals surface area (Å²) in [7, 11) is -3.49. The number of rotatable bonds is 6. The van der Waals surface area contributed by atoms with Gasteiger partial charge in [-0.25, -0.2) is 12.8 Å². The maximum Gasteiger partial charge on any atom is 0.181 e. The molecule has 0 spiro atoms. The van der Waals surface area contributed by atoms with Gasteiger partial charge >= 0.3 is 0 Å². The summed E-state index contributed by atoms with van der Waals surface area (Å²) in [5, 5.41) is 3.03. The molecule has 0 saturated carbocycles. The molecule has 1 aromatic rings. The molecule has 0 fully saturated rings. The van der Waals surface area contributed by atoms with Gasteiger partial charge in [0.25, 0.3) is 0 Å². The molecule has 0 aliphatic rings. The fourth-order valence-electron chi connectivity index (χ4n) is 1.37. The Hall–Kier alpha value is -0.940. The molecule has 0 bridgehead atoms. The van der Waals surface area contributed by atoms with Crippen LogP contribution >= 0.6 is 0 Å². The average Bonchev–Trinajstić information content (AvgIpc) is 2.25. The van der Waals surface area contributed by atoms with E-state index >= 15 is 0 Å². The molecule has 5 heteroatoms. The molecule has 1 rings (SSSR count). The molecule has 0 aromatic heterocycles. The molecule has 0 aliphatic carbocycles. The molecule has 90 valence electrons. The summed E-state index contributed by atoms with van der Waals surface area (Å²) in [6.45, 7) is 3.38. The van der Waals surface area contributed by atoms with Crippen molar-refractivity contribution in [1.29, 1.82) is 0 Å². The molecule has 0 heterocycles. The maximum absolute atomic E-state index is 13.3. The molecule has 3 nitrogen and oxygen atoms in total. The first kappa shape index (κ1) is 13.1. The van der Waals surface area contributed by atoms with Crippen molar-refractivity contribution in [2.24, 2.45) is 0 Å². The molecule has 1 N–H and O–H groups in total. The van der Waals surface area contributed by atoms with Crippen molar-refractivity contribution in [2.75, 3.05) is 18.8 Å². The second kappa shape index (κ2) is 5.96. The molecular formula is C11H16FNO2S. The number of hydrogen-bond donors (Lipinski definition) is 1. The molecule has 1 aromatic carbocycles. The fraction of sp³-hybridized carbons (Fsp3) is 0.455. The summed E-state index contributed by atoms with van der Waals surface area (Å²) in [5.41, 5.74) is 0. The van der Waals surface area contributed by atoms with Crippen LogP contribution in [0.4, 0.5) is 4.39 Å². The zero-order chi connectivity index (χ0) is 12.0. The van der Waals surface area contributed by atoms with Gasteiger partial charge in [0.15, 0.2) is 9.84 Å². The summed E-state index contributed by atoms with van der Waals surface area (Å²) in [4.78, 5) is -0.202. The largest absolute Gasteiger partial charge is 0.317 e. The van der Waals surface area contributed by atoms with E-state index in [2.05, 4.69) is 5.32 Å². The van der Waals surface area contributed by atoms with E-state index in [9.17, 15) is 12.8 Å². The molecule has 0 radical (unpaired) electrons. The molecule has 0 unspecified atom stereocenters. The Morgan fingerprint density at radius 2 is 2.00 bits per heavy atom. The highest BCUT2D eigenvalue weighted by Crippen LogP contribution is 2.15. The lowest BCUT2D eigenvalue weighted by atomic mass is 10.3. The van der Waals surface area contributed by atoms with Crippen LogP contribution in [0.2, 0.25) is 0 Å². The van der Waals surface area contributed by atoms with Gasteiger partial charge in [-0.3, -0.25) is 0 Å². The Morgan fingerprint density at radius 1 is 1.31 bits per heavy atom. The van der Waals surface area contributed by atoms with Crippen molar-refractivity contribution < 1.29 is 12.8 Å². The van der Waals surface area contributed by atoms with Crippen LogP contribution in [0.15, 0.2) is 29.2 Å². The van der Waals surface area contributed by atoms with Crippen LogP contribution in [0, 0.1) is 5.82 Å². The Balaban J connectivity index is 2.68. The van der Waals surface area contributed by atoms with E-state index in [4.69, 9.17) is 0 Å². The van der Waals surface area contributed by atoms with Crippen molar-refractivity contribution in [1.82, 2.24) is 5.32 Å². The van der Waals surface area contributed by atoms with Gasteiger partial charge in [0.1, 0.15) is 10.7 Å². The summed E-state index contributed by atoms with van der Waals surface area (Å²) in [6, 6.07) is 5.47. The van der Waals surface area contributed by atoms with E-state index in [1.807, 2.05) is 6.92 Å². The van der Waals surface area contributed by atoms with Crippen molar-refractivity contribution in [3.63, 3.8) is 0 Å². The van der Waals surface area contributed by atoms with Gasteiger partial charge in [0.2, 0.25) is 0 Å². The monoisotopic (exact) mass is 245 g/mol. The summed E-state index contributed by atoms with van der Waals surface area (Å²) >= 11 is 0. The van der Waals surface area contributed by atoms with Gasteiger partial charge in [-0.05, 0) is 31.6 Å². The molecule has 16 heavy (non-hydrogen) atoms. The number of benzene rings is 1. The maximum atomic E-state index is 13.3. The minimum absolute atomic E-state index is 0.0269. The smallest absolute Gasteiger partial charge is 0.181 e. The summed E-state index contributed by atoms with van der Waals surface area (Å²) in [5.74, 6) is -0.702. The predicted octanol–water partition coefficient (Wildman–Crippen LogP) is 1.60. The number of sulfone groups is 1. The van der Waals surface area contributed by atoms with E-state index in [0.717, 1.165) is 12.6 Å². The third-order valence-electron chi connectivity index (χ3n) is 2.19. The van der Waals surface area contributed by atoms with Crippen molar-refractivity contribution in [3.8, 4) is 0 Å². The Bertz CT molecular complexity index is 431. The highest BCUT2D eigenvalue weighted by molar-refractivity contribution is 7.91. The molecular weight excluding hydrogens is 229 g/mol. The lowest BCUT2D eigenvalue weighted by Crippen LogP contribution is -2.18. The van der Waals surface area contributed by atoms with Gasteiger partial charge in [0, 0.05) is 0 Å². The lowest BCUT2D eigenvalue weighted by molar-refractivity contribution is 0.563. The normalized spacial score (nSPS) is 11.6. The van der Waals surface area contributed by atoms with Crippen molar-refractivity contribution >= 4 is 9.84 Å². The minimum atomic E-state index is -3.49. The van der Waals surface area contributed by atoms with Crippen LogP contribution in [0.1, 0.15) is 13.3 Å². The highest BCUT2D eigenvalue weighted by atomic mass is 32.2. The predicted molar refractivity (Wildman–Crippen MR) is 61.6 cm³/mol. The molecule has 0 saturated heterocycles. The van der Waals surface area contributed by atoms with Gasteiger partial charge < -0.3 is 5.32 Å². The van der Waals surface area contributed by atoms with E-state index in [-0.39, 0.29) is 10.6 Å². The second-order valence-electron chi connectivity index (χ2n) is 3.46. The molecule has 0 atom stereocenters. The van der Waals surface area contributed by atoms with Crippen LogP contribution in [0.5, 0.6) is 0 Å². The third-order valence-corrected chi connectivity index (χ3v) is 4.02. The topological polar surface area (TPSA) is 46.2 Å². The fourth-order valence-corrected chi connectivity index (χ4v) is 2.77. The van der Waals surface area contributed by atoms with Crippen molar-refractivity contribution in [3.05, 3.63) is 30.1 Å². The first-order chi connectivity index (χ1) is 7.58. The number of nitrogens with one attached hydrogen (secondary N) is 1. The minimum Gasteiger partial charge on any atom is -0.317 e. The van der Waals surface area contributed by atoms with Crippen LogP contribution in [-0.4, -0.2) is 27.3 Å². The molecule has 0 aliphatic heterocycles. The number of hydrogen-bond acceptors (Lipinski definition) is 3. The van der Waals surface area contributed by atoms with Crippen LogP contribution in [0.25, 0.3) is 0 Å². The first-order valence-corrected chi connectivity index (χ1v) is 6.91. The van der Waals surface area contributed by atoms with Crippen LogP contribution in [-0.2, 0) is 9.84 Å². The van der Waals surface area contributed by atoms with Gasteiger partial charge in [-0.2, -0.15) is 0 Å². The van der Waals surface area contributed by atoms with E-state index in [1.165, 1.54) is 18.2 Å². The van der Waals surface area contributed by atoms with Gasteiger partial charge in [0.05, 0.1) is 5.75 Å². The third kappa shape index (κ3) is 3.57. The lowest BCUT2D eigenvalue weighted by Gasteiger charge is -2.05.